The van der Waals surface area contributed by atoms with Gasteiger partial charge in [0.1, 0.15) is 4.21 Å². The maximum Gasteiger partial charge on any atom is 0.271 e. The summed E-state index contributed by atoms with van der Waals surface area (Å²) in [6, 6.07) is 20.7. The number of aromatic nitrogens is 2. The monoisotopic (exact) mass is 424 g/mol. The fourth-order valence-electron chi connectivity index (χ4n) is 2.65. The zero-order chi connectivity index (χ0) is 20.3. The van der Waals surface area contributed by atoms with Crippen LogP contribution in [0.25, 0.3) is 5.69 Å². The molecule has 29 heavy (non-hydrogen) atoms. The van der Waals surface area contributed by atoms with E-state index < -0.39 is 10.0 Å². The van der Waals surface area contributed by atoms with Crippen LogP contribution in [-0.2, 0) is 10.0 Å². The van der Waals surface area contributed by atoms with Crippen LogP contribution in [0.15, 0.2) is 88.6 Å². The summed E-state index contributed by atoms with van der Waals surface area (Å²) in [6.45, 7) is 0. The Hall–Kier alpha value is -3.43. The number of benzene rings is 2. The van der Waals surface area contributed by atoms with Crippen LogP contribution in [0.1, 0.15) is 10.4 Å². The van der Waals surface area contributed by atoms with Crippen molar-refractivity contribution in [2.24, 2.45) is 0 Å². The number of para-hydroxylation sites is 1. The summed E-state index contributed by atoms with van der Waals surface area (Å²) in [5, 5.41) is 8.74. The van der Waals surface area contributed by atoms with E-state index in [0.717, 1.165) is 17.0 Å². The van der Waals surface area contributed by atoms with Crippen LogP contribution in [0.2, 0.25) is 0 Å². The summed E-state index contributed by atoms with van der Waals surface area (Å²) in [5.41, 5.74) is 1.49. The molecule has 2 heterocycles. The van der Waals surface area contributed by atoms with Crippen LogP contribution in [-0.4, -0.2) is 24.1 Å². The number of hydrogen-bond donors (Lipinski definition) is 2. The van der Waals surface area contributed by atoms with E-state index in [1.165, 1.54) is 12.1 Å². The predicted octanol–water partition coefficient (Wildman–Crippen LogP) is 3.99. The van der Waals surface area contributed by atoms with Gasteiger partial charge in [0.05, 0.1) is 5.69 Å². The largest absolute Gasteiger partial charge is 0.305 e. The second kappa shape index (κ2) is 7.90. The van der Waals surface area contributed by atoms with Gasteiger partial charge in [-0.3, -0.25) is 9.52 Å². The third-order valence-electron chi connectivity index (χ3n) is 3.99. The first-order valence-corrected chi connectivity index (χ1v) is 11.0. The highest BCUT2D eigenvalue weighted by molar-refractivity contribution is 7.94. The number of nitrogens with zero attached hydrogens (tertiary/aromatic N) is 2. The lowest BCUT2D eigenvalue weighted by Crippen LogP contribution is -2.15. The van der Waals surface area contributed by atoms with E-state index >= 15 is 0 Å². The normalized spacial score (nSPS) is 11.2. The molecule has 0 saturated heterocycles. The topological polar surface area (TPSA) is 93.1 Å². The highest BCUT2D eigenvalue weighted by atomic mass is 32.2. The first-order chi connectivity index (χ1) is 14.0. The Morgan fingerprint density at radius 2 is 1.79 bits per heavy atom. The molecular weight excluding hydrogens is 408 g/mol. The minimum absolute atomic E-state index is 0.207. The number of anilines is 2. The molecule has 0 spiro atoms. The molecule has 0 aliphatic heterocycles. The lowest BCUT2D eigenvalue weighted by molar-refractivity contribution is 0.102. The van der Waals surface area contributed by atoms with Gasteiger partial charge in [0, 0.05) is 23.5 Å². The van der Waals surface area contributed by atoms with Crippen LogP contribution < -0.4 is 10.0 Å². The predicted molar refractivity (Wildman–Crippen MR) is 113 cm³/mol. The molecule has 4 aromatic rings. The van der Waals surface area contributed by atoms with E-state index in [0.29, 0.717) is 17.1 Å². The first kappa shape index (κ1) is 18.9. The molecule has 2 aromatic heterocycles. The van der Waals surface area contributed by atoms with E-state index in [2.05, 4.69) is 15.1 Å². The third kappa shape index (κ3) is 4.36. The molecule has 0 radical (unpaired) electrons. The zero-order valence-electron chi connectivity index (χ0n) is 15.0. The van der Waals surface area contributed by atoms with Gasteiger partial charge in [0.2, 0.25) is 0 Å². The molecule has 0 unspecified atom stereocenters. The molecule has 0 saturated carbocycles. The van der Waals surface area contributed by atoms with E-state index in [9.17, 15) is 13.2 Å². The molecule has 2 N–H and O–H groups in total. The molecule has 4 rings (SSSR count). The van der Waals surface area contributed by atoms with Crippen molar-refractivity contribution in [1.82, 2.24) is 9.78 Å². The molecule has 2 aromatic carbocycles. The molecule has 0 aliphatic rings. The maximum atomic E-state index is 12.6. The Labute approximate surface area is 171 Å². The first-order valence-electron chi connectivity index (χ1n) is 8.60. The van der Waals surface area contributed by atoms with Crippen molar-refractivity contribution in [2.45, 2.75) is 4.21 Å². The van der Waals surface area contributed by atoms with Crippen LogP contribution in [0.4, 0.5) is 11.5 Å². The third-order valence-corrected chi connectivity index (χ3v) is 6.77. The molecular formula is C20H16N4O3S2. The van der Waals surface area contributed by atoms with Gasteiger partial charge in [0.25, 0.3) is 15.9 Å². The minimum atomic E-state index is -3.68. The Kier molecular flexibility index (Phi) is 5.15. The van der Waals surface area contributed by atoms with Crippen molar-refractivity contribution >= 4 is 38.8 Å². The number of carbonyl (C=O) groups is 1. The second-order valence-electron chi connectivity index (χ2n) is 6.05. The van der Waals surface area contributed by atoms with Gasteiger partial charge >= 0.3 is 0 Å². The summed E-state index contributed by atoms with van der Waals surface area (Å²) in [5.74, 6) is 0.00362. The van der Waals surface area contributed by atoms with Gasteiger partial charge in [-0.05, 0) is 41.8 Å². The summed E-state index contributed by atoms with van der Waals surface area (Å²) < 4.78 is 29.1. The van der Waals surface area contributed by atoms with Gasteiger partial charge < -0.3 is 5.32 Å². The van der Waals surface area contributed by atoms with Crippen molar-refractivity contribution in [1.29, 1.82) is 0 Å². The van der Waals surface area contributed by atoms with Crippen molar-refractivity contribution in [3.05, 3.63) is 89.9 Å². The van der Waals surface area contributed by atoms with Crippen molar-refractivity contribution in [2.75, 3.05) is 10.0 Å². The second-order valence-corrected chi connectivity index (χ2v) is 8.91. The average Bonchev–Trinajstić information content (AvgIpc) is 3.41. The SMILES string of the molecule is O=C(Nc1ccn(-c2ccccc2)n1)c1cccc(NS(=O)(=O)c2cccs2)c1. The Balaban J connectivity index is 1.49. The molecule has 9 heteroatoms. The molecule has 7 nitrogen and oxygen atoms in total. The fraction of sp³-hybridized carbons (Fsp3) is 0. The highest BCUT2D eigenvalue weighted by Gasteiger charge is 2.16. The molecule has 0 fully saturated rings. The number of carbonyl (C=O) groups excluding carboxylic acids is 1. The number of sulfonamides is 1. The van der Waals surface area contributed by atoms with Crippen LogP contribution in [0, 0.1) is 0 Å². The van der Waals surface area contributed by atoms with Gasteiger partial charge in [-0.2, -0.15) is 5.10 Å². The molecule has 1 amide bonds. The fourth-order valence-corrected chi connectivity index (χ4v) is 4.69. The zero-order valence-corrected chi connectivity index (χ0v) is 16.7. The lowest BCUT2D eigenvalue weighted by Gasteiger charge is -2.08. The number of amides is 1. The molecule has 0 aliphatic carbocycles. The smallest absolute Gasteiger partial charge is 0.271 e. The van der Waals surface area contributed by atoms with Gasteiger partial charge in [0.15, 0.2) is 5.82 Å². The Morgan fingerprint density at radius 1 is 0.966 bits per heavy atom. The number of nitrogens with one attached hydrogen (secondary N) is 2. The van der Waals surface area contributed by atoms with Crippen molar-refractivity contribution in [3.63, 3.8) is 0 Å². The van der Waals surface area contributed by atoms with E-state index in [-0.39, 0.29) is 10.1 Å². The average molecular weight is 425 g/mol. The standard InChI is InChI=1S/C20H16N4O3S2/c25-20(21-18-11-12-24(22-18)17-8-2-1-3-9-17)15-6-4-7-16(14-15)23-29(26,27)19-10-5-13-28-19/h1-14,23H,(H,21,22,25). The molecule has 146 valence electrons. The van der Waals surface area contributed by atoms with Gasteiger partial charge in [-0.25, -0.2) is 13.1 Å². The summed E-state index contributed by atoms with van der Waals surface area (Å²) in [4.78, 5) is 12.6. The quantitative estimate of drug-likeness (QED) is 0.489. The summed E-state index contributed by atoms with van der Waals surface area (Å²) in [6.07, 6.45) is 1.75. The van der Waals surface area contributed by atoms with Crippen LogP contribution in [0.5, 0.6) is 0 Å². The lowest BCUT2D eigenvalue weighted by atomic mass is 10.2. The van der Waals surface area contributed by atoms with Crippen molar-refractivity contribution < 1.29 is 13.2 Å². The Morgan fingerprint density at radius 3 is 2.55 bits per heavy atom. The molecule has 0 bridgehead atoms. The number of thiophene rings is 1. The van der Waals surface area contributed by atoms with Crippen LogP contribution in [0.3, 0.4) is 0 Å². The summed E-state index contributed by atoms with van der Waals surface area (Å²) in [7, 11) is -3.68. The maximum absolute atomic E-state index is 12.6. The number of hydrogen-bond acceptors (Lipinski definition) is 5. The highest BCUT2D eigenvalue weighted by Crippen LogP contribution is 2.21. The molecule has 0 atom stereocenters. The van der Waals surface area contributed by atoms with Crippen molar-refractivity contribution in [3.8, 4) is 5.69 Å². The minimum Gasteiger partial charge on any atom is -0.305 e. The van der Waals surface area contributed by atoms with Gasteiger partial charge in [-0.1, -0.05) is 30.3 Å². The Bertz CT molecular complexity index is 1230. The van der Waals surface area contributed by atoms with Gasteiger partial charge in [-0.15, -0.1) is 11.3 Å². The number of rotatable bonds is 6. The van der Waals surface area contributed by atoms with E-state index in [4.69, 9.17) is 0 Å². The van der Waals surface area contributed by atoms with Crippen LogP contribution >= 0.6 is 11.3 Å². The van der Waals surface area contributed by atoms with E-state index in [1.54, 1.807) is 46.6 Å². The summed E-state index contributed by atoms with van der Waals surface area (Å²) >= 11 is 1.12. The van der Waals surface area contributed by atoms with E-state index in [1.807, 2.05) is 30.3 Å².